The second-order valence-electron chi connectivity index (χ2n) is 6.38. The zero-order chi connectivity index (χ0) is 15.5. The zero-order valence-electron chi connectivity index (χ0n) is 13.1. The van der Waals surface area contributed by atoms with E-state index in [1.807, 2.05) is 30.1 Å². The van der Waals surface area contributed by atoms with Crippen molar-refractivity contribution in [2.75, 3.05) is 11.9 Å². The van der Waals surface area contributed by atoms with Gasteiger partial charge in [-0.1, -0.05) is 6.07 Å². The number of halogens is 1. The molecule has 0 radical (unpaired) electrons. The summed E-state index contributed by atoms with van der Waals surface area (Å²) in [6.45, 7) is 7.56. The van der Waals surface area contributed by atoms with Crippen LogP contribution in [-0.4, -0.2) is 12.6 Å². The van der Waals surface area contributed by atoms with E-state index in [1.54, 1.807) is 18.6 Å². The molecule has 0 aliphatic heterocycles. The molecule has 0 fully saturated rings. The normalized spacial score (nSPS) is 11.7. The quantitative estimate of drug-likeness (QED) is 0.904. The van der Waals surface area contributed by atoms with Gasteiger partial charge in [0.1, 0.15) is 5.82 Å². The molecule has 1 aromatic carbocycles. The average molecular weight is 290 g/mol. The molecule has 1 heterocycles. The second kappa shape index (κ2) is 6.31. The number of rotatable bonds is 5. The summed E-state index contributed by atoms with van der Waals surface area (Å²) in [5.74, 6) is -0.200. The molecule has 0 atom stereocenters. The summed E-state index contributed by atoms with van der Waals surface area (Å²) in [5.41, 5.74) is 2.58. The van der Waals surface area contributed by atoms with Crippen molar-refractivity contribution < 1.29 is 8.81 Å². The molecule has 3 nitrogen and oxygen atoms in total. The molecular weight excluding hydrogens is 267 g/mol. The molecule has 1 N–H and O–H groups in total. The fourth-order valence-corrected chi connectivity index (χ4v) is 2.08. The fraction of sp³-hybridized carbons (Fsp3) is 0.412. The van der Waals surface area contributed by atoms with Crippen LogP contribution in [0.5, 0.6) is 0 Å². The van der Waals surface area contributed by atoms with Gasteiger partial charge in [-0.05, 0) is 44.5 Å². The molecule has 21 heavy (non-hydrogen) atoms. The highest BCUT2D eigenvalue weighted by molar-refractivity contribution is 5.49. The van der Waals surface area contributed by atoms with Crippen molar-refractivity contribution in [3.63, 3.8) is 0 Å². The lowest BCUT2D eigenvalue weighted by Crippen LogP contribution is -2.35. The van der Waals surface area contributed by atoms with Crippen molar-refractivity contribution in [1.29, 1.82) is 0 Å². The summed E-state index contributed by atoms with van der Waals surface area (Å²) >= 11 is 0. The van der Waals surface area contributed by atoms with Gasteiger partial charge >= 0.3 is 0 Å². The molecule has 0 bridgehead atoms. The molecule has 2 aromatic rings. The molecular formula is C17H23FN2O. The van der Waals surface area contributed by atoms with Gasteiger partial charge in [0.25, 0.3) is 0 Å². The minimum atomic E-state index is -0.200. The summed E-state index contributed by atoms with van der Waals surface area (Å²) < 4.78 is 19.3. The number of nitrogens with one attached hydrogen (secondary N) is 1. The van der Waals surface area contributed by atoms with Crippen molar-refractivity contribution in [2.45, 2.75) is 39.4 Å². The third-order valence-electron chi connectivity index (χ3n) is 3.25. The van der Waals surface area contributed by atoms with Gasteiger partial charge in [-0.15, -0.1) is 0 Å². The maximum atomic E-state index is 14.3. The van der Waals surface area contributed by atoms with Gasteiger partial charge in [-0.2, -0.15) is 0 Å². The Morgan fingerprint density at radius 3 is 2.52 bits per heavy atom. The van der Waals surface area contributed by atoms with E-state index in [2.05, 4.69) is 26.1 Å². The highest BCUT2D eigenvalue weighted by Crippen LogP contribution is 2.21. The Balaban J connectivity index is 2.04. The lowest BCUT2D eigenvalue weighted by molar-refractivity contribution is 0.423. The summed E-state index contributed by atoms with van der Waals surface area (Å²) in [5, 5.41) is 3.36. The van der Waals surface area contributed by atoms with Crippen LogP contribution in [0.4, 0.5) is 10.1 Å². The third-order valence-corrected chi connectivity index (χ3v) is 3.25. The van der Waals surface area contributed by atoms with Crippen LogP contribution in [0.2, 0.25) is 0 Å². The van der Waals surface area contributed by atoms with Crippen molar-refractivity contribution in [3.05, 3.63) is 53.7 Å². The molecule has 4 heteroatoms. The van der Waals surface area contributed by atoms with Crippen LogP contribution in [0.25, 0.3) is 0 Å². The van der Waals surface area contributed by atoms with Crippen molar-refractivity contribution >= 4 is 5.69 Å². The lowest BCUT2D eigenvalue weighted by atomic mass is 10.1. The molecule has 114 valence electrons. The van der Waals surface area contributed by atoms with E-state index in [0.717, 1.165) is 11.1 Å². The predicted molar refractivity (Wildman–Crippen MR) is 83.8 cm³/mol. The first kappa shape index (κ1) is 15.6. The van der Waals surface area contributed by atoms with Gasteiger partial charge in [0.15, 0.2) is 0 Å². The lowest BCUT2D eigenvalue weighted by Gasteiger charge is -2.22. The van der Waals surface area contributed by atoms with Crippen LogP contribution in [0.15, 0.2) is 41.2 Å². The monoisotopic (exact) mass is 290 g/mol. The van der Waals surface area contributed by atoms with Gasteiger partial charge in [-0.3, -0.25) is 0 Å². The Morgan fingerprint density at radius 1 is 1.19 bits per heavy atom. The highest BCUT2D eigenvalue weighted by Gasteiger charge is 2.12. The summed E-state index contributed by atoms with van der Waals surface area (Å²) in [6, 6.07) is 7.27. The summed E-state index contributed by atoms with van der Waals surface area (Å²) in [4.78, 5) is 1.88. The molecule has 2 rings (SSSR count). The van der Waals surface area contributed by atoms with E-state index in [9.17, 15) is 4.39 Å². The van der Waals surface area contributed by atoms with Crippen molar-refractivity contribution in [3.8, 4) is 0 Å². The first-order chi connectivity index (χ1) is 9.85. The molecule has 0 unspecified atom stereocenters. The van der Waals surface area contributed by atoms with Gasteiger partial charge < -0.3 is 14.6 Å². The van der Waals surface area contributed by atoms with Crippen LogP contribution in [0.1, 0.15) is 31.9 Å². The van der Waals surface area contributed by atoms with Crippen LogP contribution in [0, 0.1) is 5.82 Å². The maximum Gasteiger partial charge on any atom is 0.146 e. The Hall–Kier alpha value is -1.81. The largest absolute Gasteiger partial charge is 0.472 e. The van der Waals surface area contributed by atoms with Crippen LogP contribution in [0.3, 0.4) is 0 Å². The Kier molecular flexibility index (Phi) is 4.68. The van der Waals surface area contributed by atoms with Crippen LogP contribution in [-0.2, 0) is 13.1 Å². The third kappa shape index (κ3) is 4.60. The fourth-order valence-electron chi connectivity index (χ4n) is 2.08. The van der Waals surface area contributed by atoms with Gasteiger partial charge in [0, 0.05) is 31.2 Å². The van der Waals surface area contributed by atoms with E-state index in [1.165, 1.54) is 0 Å². The highest BCUT2D eigenvalue weighted by atomic mass is 19.1. The molecule has 0 aliphatic carbocycles. The predicted octanol–water partition coefficient (Wildman–Crippen LogP) is 3.94. The molecule has 0 spiro atoms. The number of furan rings is 1. The van der Waals surface area contributed by atoms with Crippen LogP contribution >= 0.6 is 0 Å². The zero-order valence-corrected chi connectivity index (χ0v) is 13.1. The van der Waals surface area contributed by atoms with Gasteiger partial charge in [0.2, 0.25) is 0 Å². The minimum absolute atomic E-state index is 0.0211. The number of benzene rings is 1. The first-order valence-electron chi connectivity index (χ1n) is 7.11. The average Bonchev–Trinajstić information content (AvgIpc) is 2.88. The molecule has 0 saturated carbocycles. The number of hydrogen-bond donors (Lipinski definition) is 1. The number of nitrogens with zero attached hydrogens (tertiary/aromatic N) is 1. The summed E-state index contributed by atoms with van der Waals surface area (Å²) in [6.07, 6.45) is 3.30. The Morgan fingerprint density at radius 2 is 1.95 bits per heavy atom. The topological polar surface area (TPSA) is 28.4 Å². The van der Waals surface area contributed by atoms with E-state index in [0.29, 0.717) is 18.8 Å². The molecule has 0 amide bonds. The smallest absolute Gasteiger partial charge is 0.146 e. The standard InChI is InChI=1S/C17H23FN2O/c1-17(2,3)19-10-13-5-6-16(15(18)9-13)20(4)11-14-7-8-21-12-14/h5-9,12,19H,10-11H2,1-4H3. The van der Waals surface area contributed by atoms with E-state index < -0.39 is 0 Å². The van der Waals surface area contributed by atoms with Gasteiger partial charge in [-0.25, -0.2) is 4.39 Å². The van der Waals surface area contributed by atoms with E-state index in [4.69, 9.17) is 4.42 Å². The second-order valence-corrected chi connectivity index (χ2v) is 6.38. The van der Waals surface area contributed by atoms with Crippen molar-refractivity contribution in [1.82, 2.24) is 5.32 Å². The molecule has 0 saturated heterocycles. The Bertz CT molecular complexity index is 573. The minimum Gasteiger partial charge on any atom is -0.472 e. The summed E-state index contributed by atoms with van der Waals surface area (Å²) in [7, 11) is 1.87. The molecule has 1 aromatic heterocycles. The SMILES string of the molecule is CN(Cc1ccoc1)c1ccc(CNC(C)(C)C)cc1F. The molecule has 0 aliphatic rings. The van der Waals surface area contributed by atoms with Crippen molar-refractivity contribution in [2.24, 2.45) is 0 Å². The number of hydrogen-bond acceptors (Lipinski definition) is 3. The van der Waals surface area contributed by atoms with E-state index in [-0.39, 0.29) is 11.4 Å². The Labute approximate surface area is 125 Å². The van der Waals surface area contributed by atoms with Gasteiger partial charge in [0.05, 0.1) is 18.2 Å². The number of anilines is 1. The first-order valence-corrected chi connectivity index (χ1v) is 7.11. The maximum absolute atomic E-state index is 14.3. The van der Waals surface area contributed by atoms with E-state index >= 15 is 0 Å². The van der Waals surface area contributed by atoms with Crippen LogP contribution < -0.4 is 10.2 Å².